The summed E-state index contributed by atoms with van der Waals surface area (Å²) >= 11 is 5.11. The summed E-state index contributed by atoms with van der Waals surface area (Å²) < 4.78 is 1.08. The van der Waals surface area contributed by atoms with E-state index in [9.17, 15) is 4.79 Å². The second kappa shape index (κ2) is 4.74. The molecule has 0 saturated heterocycles. The zero-order chi connectivity index (χ0) is 12.5. The summed E-state index contributed by atoms with van der Waals surface area (Å²) in [6.07, 6.45) is 0.446. The van der Waals surface area contributed by atoms with Crippen LogP contribution in [0.4, 0.5) is 11.4 Å². The third kappa shape index (κ3) is 2.28. The minimum Gasteiger partial charge on any atom is -0.375 e. The molecule has 0 radical (unpaired) electrons. The molecule has 0 bridgehead atoms. The first-order chi connectivity index (χ1) is 8.72. The van der Waals surface area contributed by atoms with Crippen molar-refractivity contribution in [2.75, 3.05) is 10.6 Å². The van der Waals surface area contributed by atoms with E-state index >= 15 is 0 Å². The highest BCUT2D eigenvalue weighted by atomic mass is 79.9. The topological polar surface area (TPSA) is 41.1 Å². The second-order valence-corrected chi connectivity index (χ2v) is 6.63. The first-order valence-corrected chi connectivity index (χ1v) is 7.24. The molecular weight excluding hydrogens is 312 g/mol. The van der Waals surface area contributed by atoms with Gasteiger partial charge in [-0.25, -0.2) is 0 Å². The fourth-order valence-electron chi connectivity index (χ4n) is 2.03. The van der Waals surface area contributed by atoms with Crippen molar-refractivity contribution in [1.82, 2.24) is 0 Å². The molecule has 1 atom stereocenters. The standard InChI is InChI=1S/C13H11BrN2OS/c14-12-6-5-11(18-12)10-7-13(17)16-9-4-2-1-3-8(9)15-10/h1-6,10,15H,7H2,(H,16,17)/t10-/m1/s1. The number of carbonyl (C=O) groups excluding carboxylic acids is 1. The highest BCUT2D eigenvalue weighted by molar-refractivity contribution is 9.11. The minimum atomic E-state index is 0.0324. The van der Waals surface area contributed by atoms with Crippen molar-refractivity contribution in [2.45, 2.75) is 12.5 Å². The fourth-order valence-corrected chi connectivity index (χ4v) is 3.51. The number of hydrogen-bond donors (Lipinski definition) is 2. The summed E-state index contributed by atoms with van der Waals surface area (Å²) in [5, 5.41) is 6.35. The van der Waals surface area contributed by atoms with Gasteiger partial charge in [0.05, 0.1) is 27.6 Å². The van der Waals surface area contributed by atoms with E-state index in [0.29, 0.717) is 6.42 Å². The van der Waals surface area contributed by atoms with Crippen molar-refractivity contribution in [1.29, 1.82) is 0 Å². The predicted octanol–water partition coefficient (Wildman–Crippen LogP) is 4.01. The molecule has 1 aromatic heterocycles. The number of benzene rings is 1. The second-order valence-electron chi connectivity index (χ2n) is 4.14. The summed E-state index contributed by atoms with van der Waals surface area (Å²) in [7, 11) is 0. The lowest BCUT2D eigenvalue weighted by atomic mass is 10.1. The zero-order valence-electron chi connectivity index (χ0n) is 9.44. The van der Waals surface area contributed by atoms with Gasteiger partial charge in [-0.1, -0.05) is 12.1 Å². The fraction of sp³-hybridized carbons (Fsp3) is 0.154. The normalized spacial score (nSPS) is 18.5. The van der Waals surface area contributed by atoms with Crippen molar-refractivity contribution in [3.8, 4) is 0 Å². The first kappa shape index (κ1) is 11.7. The number of halogens is 1. The summed E-state index contributed by atoms with van der Waals surface area (Å²) in [6.45, 7) is 0. The number of thiophene rings is 1. The van der Waals surface area contributed by atoms with Gasteiger partial charge in [0.2, 0.25) is 5.91 Å². The van der Waals surface area contributed by atoms with Crippen LogP contribution in [0.2, 0.25) is 0 Å². The predicted molar refractivity (Wildman–Crippen MR) is 78.1 cm³/mol. The SMILES string of the molecule is O=C1C[C@H](c2ccc(Br)s2)Nc2ccccc2N1. The van der Waals surface area contributed by atoms with Crippen molar-refractivity contribution in [2.24, 2.45) is 0 Å². The minimum absolute atomic E-state index is 0.0324. The number of para-hydroxylation sites is 2. The molecule has 1 aromatic carbocycles. The third-order valence-electron chi connectivity index (χ3n) is 2.86. The molecule has 1 aliphatic heterocycles. The van der Waals surface area contributed by atoms with Crippen LogP contribution in [0.1, 0.15) is 17.3 Å². The van der Waals surface area contributed by atoms with E-state index < -0.39 is 0 Å². The molecule has 1 amide bonds. The van der Waals surface area contributed by atoms with Crippen molar-refractivity contribution < 1.29 is 4.79 Å². The summed E-state index contributed by atoms with van der Waals surface area (Å²) in [5.74, 6) is 0.0435. The molecule has 2 N–H and O–H groups in total. The molecule has 0 spiro atoms. The molecule has 18 heavy (non-hydrogen) atoms. The summed E-state index contributed by atoms with van der Waals surface area (Å²) in [6, 6.07) is 11.9. The monoisotopic (exact) mass is 322 g/mol. The average molecular weight is 323 g/mol. The van der Waals surface area contributed by atoms with E-state index in [-0.39, 0.29) is 11.9 Å². The van der Waals surface area contributed by atoms with Crippen LogP contribution in [0.5, 0.6) is 0 Å². The average Bonchev–Trinajstić information content (AvgIpc) is 2.70. The maximum Gasteiger partial charge on any atom is 0.226 e. The molecule has 92 valence electrons. The summed E-state index contributed by atoms with van der Waals surface area (Å²) in [4.78, 5) is 13.0. The molecule has 2 aromatic rings. The lowest BCUT2D eigenvalue weighted by Gasteiger charge is -2.14. The van der Waals surface area contributed by atoms with E-state index in [1.54, 1.807) is 11.3 Å². The molecule has 5 heteroatoms. The Hall–Kier alpha value is -1.33. The highest BCUT2D eigenvalue weighted by Crippen LogP contribution is 2.35. The van der Waals surface area contributed by atoms with Crippen molar-refractivity contribution in [3.63, 3.8) is 0 Å². The lowest BCUT2D eigenvalue weighted by Crippen LogP contribution is -2.14. The van der Waals surface area contributed by atoms with Gasteiger partial charge < -0.3 is 10.6 Å². The molecule has 0 saturated carbocycles. The van der Waals surface area contributed by atoms with Crippen LogP contribution < -0.4 is 10.6 Å². The van der Waals surface area contributed by atoms with Crippen LogP contribution in [0, 0.1) is 0 Å². The maximum atomic E-state index is 11.9. The van der Waals surface area contributed by atoms with Crippen LogP contribution >= 0.6 is 27.3 Å². The van der Waals surface area contributed by atoms with Gasteiger partial charge in [0, 0.05) is 4.88 Å². The van der Waals surface area contributed by atoms with E-state index in [1.165, 1.54) is 0 Å². The Balaban J connectivity index is 1.96. The molecule has 2 heterocycles. The van der Waals surface area contributed by atoms with Gasteiger partial charge in [0.15, 0.2) is 0 Å². The first-order valence-electron chi connectivity index (χ1n) is 5.63. The number of fused-ring (bicyclic) bond motifs is 1. The van der Waals surface area contributed by atoms with Gasteiger partial charge in [-0.05, 0) is 40.2 Å². The van der Waals surface area contributed by atoms with Gasteiger partial charge in [-0.3, -0.25) is 4.79 Å². The van der Waals surface area contributed by atoms with E-state index in [4.69, 9.17) is 0 Å². The van der Waals surface area contributed by atoms with Crippen LogP contribution in [0.15, 0.2) is 40.2 Å². The third-order valence-corrected chi connectivity index (χ3v) is 4.60. The van der Waals surface area contributed by atoms with Crippen LogP contribution in [0.3, 0.4) is 0 Å². The van der Waals surface area contributed by atoms with Gasteiger partial charge in [-0.2, -0.15) is 0 Å². The number of anilines is 2. The van der Waals surface area contributed by atoms with E-state index in [0.717, 1.165) is 20.0 Å². The number of rotatable bonds is 1. The van der Waals surface area contributed by atoms with E-state index in [2.05, 4.69) is 26.6 Å². The lowest BCUT2D eigenvalue weighted by molar-refractivity contribution is -0.116. The Morgan fingerprint density at radius 2 is 1.94 bits per heavy atom. The van der Waals surface area contributed by atoms with Crippen LogP contribution in [-0.2, 0) is 4.79 Å². The smallest absolute Gasteiger partial charge is 0.226 e. The van der Waals surface area contributed by atoms with Crippen LogP contribution in [0.25, 0.3) is 0 Å². The van der Waals surface area contributed by atoms with Gasteiger partial charge in [0.25, 0.3) is 0 Å². The Morgan fingerprint density at radius 1 is 1.17 bits per heavy atom. The van der Waals surface area contributed by atoms with Gasteiger partial charge in [-0.15, -0.1) is 11.3 Å². The molecule has 0 aliphatic carbocycles. The molecule has 0 unspecified atom stereocenters. The van der Waals surface area contributed by atoms with Crippen molar-refractivity contribution >= 4 is 44.5 Å². The Morgan fingerprint density at radius 3 is 2.67 bits per heavy atom. The molecule has 3 rings (SSSR count). The van der Waals surface area contributed by atoms with Gasteiger partial charge >= 0.3 is 0 Å². The number of carbonyl (C=O) groups is 1. The Labute approximate surface area is 117 Å². The maximum absolute atomic E-state index is 11.9. The Bertz CT molecular complexity index is 596. The zero-order valence-corrected chi connectivity index (χ0v) is 11.8. The number of hydrogen-bond acceptors (Lipinski definition) is 3. The molecular formula is C13H11BrN2OS. The summed E-state index contributed by atoms with van der Waals surface area (Å²) in [5.41, 5.74) is 1.82. The Kier molecular flexibility index (Phi) is 3.09. The largest absolute Gasteiger partial charge is 0.375 e. The van der Waals surface area contributed by atoms with Crippen molar-refractivity contribution in [3.05, 3.63) is 45.1 Å². The highest BCUT2D eigenvalue weighted by Gasteiger charge is 2.22. The van der Waals surface area contributed by atoms with Gasteiger partial charge in [0.1, 0.15) is 0 Å². The number of amides is 1. The molecule has 1 aliphatic rings. The quantitative estimate of drug-likeness (QED) is 0.833. The molecule has 0 fully saturated rings. The van der Waals surface area contributed by atoms with E-state index in [1.807, 2.05) is 36.4 Å². The molecule has 3 nitrogen and oxygen atoms in total. The number of nitrogens with one attached hydrogen (secondary N) is 2. The van der Waals surface area contributed by atoms with Crippen LogP contribution in [-0.4, -0.2) is 5.91 Å².